The SMILES string of the molecule is CC[C@H](NC(=O)c1cn[nH]c1)c1ncc(C)[nH]1. The minimum absolute atomic E-state index is 0.105. The van der Waals surface area contributed by atoms with Gasteiger partial charge in [0.15, 0.2) is 0 Å². The lowest BCUT2D eigenvalue weighted by atomic mass is 10.2. The zero-order chi connectivity index (χ0) is 12.3. The molecule has 0 aliphatic rings. The molecular weight excluding hydrogens is 218 g/mol. The maximum atomic E-state index is 11.8. The first-order valence-electron chi connectivity index (χ1n) is 5.52. The molecule has 2 heterocycles. The molecule has 0 saturated carbocycles. The van der Waals surface area contributed by atoms with Crippen molar-refractivity contribution in [2.24, 2.45) is 0 Å². The van der Waals surface area contributed by atoms with Gasteiger partial charge in [0.25, 0.3) is 5.91 Å². The lowest BCUT2D eigenvalue weighted by molar-refractivity contribution is 0.0934. The molecule has 0 aliphatic carbocycles. The van der Waals surface area contributed by atoms with Crippen LogP contribution in [0, 0.1) is 6.92 Å². The molecule has 0 aliphatic heterocycles. The number of carbonyl (C=O) groups is 1. The Bertz CT molecular complexity index is 488. The zero-order valence-electron chi connectivity index (χ0n) is 9.82. The molecule has 0 radical (unpaired) electrons. The molecule has 0 unspecified atom stereocenters. The molecule has 6 heteroatoms. The van der Waals surface area contributed by atoms with Crippen LogP contribution < -0.4 is 5.32 Å². The predicted octanol–water partition coefficient (Wildman–Crippen LogP) is 1.32. The van der Waals surface area contributed by atoms with Crippen molar-refractivity contribution in [2.45, 2.75) is 26.3 Å². The molecule has 17 heavy (non-hydrogen) atoms. The Morgan fingerprint density at radius 2 is 2.35 bits per heavy atom. The van der Waals surface area contributed by atoms with Crippen molar-refractivity contribution in [1.29, 1.82) is 0 Å². The molecule has 1 atom stereocenters. The standard InChI is InChI=1S/C11H15N5O/c1-3-9(10-12-4-7(2)15-10)16-11(17)8-5-13-14-6-8/h4-6,9H,3H2,1-2H3,(H,12,15)(H,13,14)(H,16,17)/t9-/m0/s1. The number of nitrogens with zero attached hydrogens (tertiary/aromatic N) is 2. The number of hydrogen-bond donors (Lipinski definition) is 3. The van der Waals surface area contributed by atoms with Crippen LogP contribution in [0.1, 0.15) is 41.3 Å². The fourth-order valence-corrected chi connectivity index (χ4v) is 1.59. The van der Waals surface area contributed by atoms with Crippen LogP contribution in [0.4, 0.5) is 0 Å². The Labute approximate surface area is 98.9 Å². The van der Waals surface area contributed by atoms with E-state index < -0.39 is 0 Å². The quantitative estimate of drug-likeness (QED) is 0.744. The number of hydrogen-bond acceptors (Lipinski definition) is 3. The first-order valence-corrected chi connectivity index (χ1v) is 5.52. The molecule has 90 valence electrons. The summed E-state index contributed by atoms with van der Waals surface area (Å²) < 4.78 is 0. The van der Waals surface area contributed by atoms with Gasteiger partial charge in [0, 0.05) is 18.1 Å². The minimum atomic E-state index is -0.153. The highest BCUT2D eigenvalue weighted by molar-refractivity contribution is 5.93. The zero-order valence-corrected chi connectivity index (χ0v) is 9.82. The molecular formula is C11H15N5O. The van der Waals surface area contributed by atoms with Crippen LogP contribution in [0.25, 0.3) is 0 Å². The van der Waals surface area contributed by atoms with Crippen LogP contribution >= 0.6 is 0 Å². The van der Waals surface area contributed by atoms with Crippen molar-refractivity contribution in [1.82, 2.24) is 25.5 Å². The Balaban J connectivity index is 2.08. The summed E-state index contributed by atoms with van der Waals surface area (Å²) in [4.78, 5) is 19.2. The smallest absolute Gasteiger partial charge is 0.255 e. The highest BCUT2D eigenvalue weighted by Crippen LogP contribution is 2.13. The fourth-order valence-electron chi connectivity index (χ4n) is 1.59. The van der Waals surface area contributed by atoms with E-state index in [9.17, 15) is 4.79 Å². The summed E-state index contributed by atoms with van der Waals surface area (Å²) in [7, 11) is 0. The molecule has 2 aromatic heterocycles. The van der Waals surface area contributed by atoms with Crippen molar-refractivity contribution < 1.29 is 4.79 Å². The Kier molecular flexibility index (Phi) is 3.22. The third kappa shape index (κ3) is 2.52. The Hall–Kier alpha value is -2.11. The average Bonchev–Trinajstić information content (AvgIpc) is 2.96. The van der Waals surface area contributed by atoms with Gasteiger partial charge in [0.05, 0.1) is 17.8 Å². The topological polar surface area (TPSA) is 86.5 Å². The van der Waals surface area contributed by atoms with E-state index in [0.29, 0.717) is 5.56 Å². The fraction of sp³-hybridized carbons (Fsp3) is 0.364. The van der Waals surface area contributed by atoms with Gasteiger partial charge in [-0.3, -0.25) is 9.89 Å². The number of nitrogens with one attached hydrogen (secondary N) is 3. The van der Waals surface area contributed by atoms with Gasteiger partial charge >= 0.3 is 0 Å². The lowest BCUT2D eigenvalue weighted by Gasteiger charge is -2.13. The van der Waals surface area contributed by atoms with E-state index in [0.717, 1.165) is 17.9 Å². The molecule has 0 saturated heterocycles. The number of carbonyl (C=O) groups excluding carboxylic acids is 1. The van der Waals surface area contributed by atoms with Crippen LogP contribution in [-0.2, 0) is 0 Å². The molecule has 2 rings (SSSR count). The number of aromatic nitrogens is 4. The van der Waals surface area contributed by atoms with Gasteiger partial charge in [-0.05, 0) is 13.3 Å². The summed E-state index contributed by atoms with van der Waals surface area (Å²) in [6.45, 7) is 3.93. The van der Waals surface area contributed by atoms with Crippen molar-refractivity contribution >= 4 is 5.91 Å². The van der Waals surface area contributed by atoms with Gasteiger partial charge in [-0.15, -0.1) is 0 Å². The molecule has 6 nitrogen and oxygen atoms in total. The predicted molar refractivity (Wildman–Crippen MR) is 62.4 cm³/mol. The van der Waals surface area contributed by atoms with Crippen LogP contribution in [0.3, 0.4) is 0 Å². The second-order valence-corrected chi connectivity index (χ2v) is 3.87. The van der Waals surface area contributed by atoms with Crippen molar-refractivity contribution in [2.75, 3.05) is 0 Å². The third-order valence-corrected chi connectivity index (χ3v) is 2.53. The van der Waals surface area contributed by atoms with E-state index in [1.165, 1.54) is 6.20 Å². The third-order valence-electron chi connectivity index (χ3n) is 2.53. The van der Waals surface area contributed by atoms with Gasteiger partial charge in [0.2, 0.25) is 0 Å². The molecule has 0 fully saturated rings. The molecule has 0 bridgehead atoms. The summed E-state index contributed by atoms with van der Waals surface area (Å²) in [6.07, 6.45) is 5.59. The van der Waals surface area contributed by atoms with Crippen LogP contribution in [0.2, 0.25) is 0 Å². The second-order valence-electron chi connectivity index (χ2n) is 3.87. The highest BCUT2D eigenvalue weighted by atomic mass is 16.1. The lowest BCUT2D eigenvalue weighted by Crippen LogP contribution is -2.28. The number of aromatic amines is 2. The van der Waals surface area contributed by atoms with E-state index in [2.05, 4.69) is 25.5 Å². The maximum absolute atomic E-state index is 11.8. The highest BCUT2D eigenvalue weighted by Gasteiger charge is 2.16. The molecule has 1 amide bonds. The van der Waals surface area contributed by atoms with Gasteiger partial charge in [-0.25, -0.2) is 4.98 Å². The molecule has 3 N–H and O–H groups in total. The molecule has 0 aromatic carbocycles. The summed E-state index contributed by atoms with van der Waals surface area (Å²) in [6, 6.07) is -0.105. The largest absolute Gasteiger partial charge is 0.344 e. The van der Waals surface area contributed by atoms with E-state index in [1.807, 2.05) is 13.8 Å². The van der Waals surface area contributed by atoms with Gasteiger partial charge in [-0.2, -0.15) is 5.10 Å². The molecule has 0 spiro atoms. The summed E-state index contributed by atoms with van der Waals surface area (Å²) >= 11 is 0. The number of aryl methyl sites for hydroxylation is 1. The minimum Gasteiger partial charge on any atom is -0.344 e. The normalized spacial score (nSPS) is 12.4. The van der Waals surface area contributed by atoms with E-state index in [-0.39, 0.29) is 11.9 Å². The molecule has 2 aromatic rings. The monoisotopic (exact) mass is 233 g/mol. The number of rotatable bonds is 4. The van der Waals surface area contributed by atoms with Crippen molar-refractivity contribution in [3.05, 3.63) is 35.7 Å². The van der Waals surface area contributed by atoms with Gasteiger partial charge < -0.3 is 10.3 Å². The number of imidazole rings is 1. The van der Waals surface area contributed by atoms with Crippen LogP contribution in [0.5, 0.6) is 0 Å². The summed E-state index contributed by atoms with van der Waals surface area (Å²) in [5, 5.41) is 9.26. The Morgan fingerprint density at radius 3 is 2.88 bits per heavy atom. The summed E-state index contributed by atoms with van der Waals surface area (Å²) in [5.74, 6) is 0.626. The van der Waals surface area contributed by atoms with Crippen LogP contribution in [0.15, 0.2) is 18.6 Å². The van der Waals surface area contributed by atoms with Crippen molar-refractivity contribution in [3.63, 3.8) is 0 Å². The Morgan fingerprint density at radius 1 is 1.53 bits per heavy atom. The number of H-pyrrole nitrogens is 2. The van der Waals surface area contributed by atoms with Crippen LogP contribution in [-0.4, -0.2) is 26.1 Å². The number of amides is 1. The first kappa shape index (κ1) is 11.4. The van der Waals surface area contributed by atoms with Gasteiger partial charge in [0.1, 0.15) is 5.82 Å². The van der Waals surface area contributed by atoms with E-state index in [1.54, 1.807) is 12.4 Å². The second kappa shape index (κ2) is 4.82. The average molecular weight is 233 g/mol. The van der Waals surface area contributed by atoms with Crippen molar-refractivity contribution in [3.8, 4) is 0 Å². The van der Waals surface area contributed by atoms with E-state index in [4.69, 9.17) is 0 Å². The van der Waals surface area contributed by atoms with E-state index >= 15 is 0 Å². The maximum Gasteiger partial charge on any atom is 0.255 e. The first-order chi connectivity index (χ1) is 8.20. The van der Waals surface area contributed by atoms with Gasteiger partial charge in [-0.1, -0.05) is 6.92 Å². The summed E-state index contributed by atoms with van der Waals surface area (Å²) in [5.41, 5.74) is 1.50.